The van der Waals surface area contributed by atoms with Gasteiger partial charge >= 0.3 is 0 Å². The second-order valence-electron chi connectivity index (χ2n) is 5.58. The Hall–Kier alpha value is -2.05. The summed E-state index contributed by atoms with van der Waals surface area (Å²) in [5.74, 6) is 1.27. The molecule has 2 aromatic carbocycles. The molecule has 134 valence electrons. The normalized spacial score (nSPS) is 11.8. The average Bonchev–Trinajstić information content (AvgIpc) is 2.63. The zero-order chi connectivity index (χ0) is 18.1. The van der Waals surface area contributed by atoms with Crippen LogP contribution in [0.5, 0.6) is 5.75 Å². The molecule has 0 bridgehead atoms. The lowest BCUT2D eigenvalue weighted by Crippen LogP contribution is -3.13. The molecule has 0 spiro atoms. The second kappa shape index (κ2) is 10.1. The number of likely N-dealkylation sites (N-methyl/N-ethyl adjacent to an activating group) is 1. The van der Waals surface area contributed by atoms with Crippen LogP contribution in [0.3, 0.4) is 0 Å². The predicted molar refractivity (Wildman–Crippen MR) is 100.0 cm³/mol. The SMILES string of the molecule is CC[NH+](CCSc1ccc(F)cc1)CC(=O)Nc1ccccc1OC. The van der Waals surface area contributed by atoms with Gasteiger partial charge in [0.05, 0.1) is 25.9 Å². The molecule has 2 aromatic rings. The molecule has 0 fully saturated rings. The number of carbonyl (C=O) groups is 1. The van der Waals surface area contributed by atoms with E-state index in [0.29, 0.717) is 18.0 Å². The Morgan fingerprint density at radius 3 is 2.60 bits per heavy atom. The summed E-state index contributed by atoms with van der Waals surface area (Å²) in [6, 6.07) is 13.9. The van der Waals surface area contributed by atoms with E-state index in [2.05, 4.69) is 12.2 Å². The number of ether oxygens (including phenoxy) is 1. The number of para-hydroxylation sites is 2. The van der Waals surface area contributed by atoms with Crippen molar-refractivity contribution >= 4 is 23.4 Å². The number of quaternary nitrogens is 1. The molecule has 1 unspecified atom stereocenters. The van der Waals surface area contributed by atoms with E-state index in [-0.39, 0.29) is 11.7 Å². The number of halogens is 1. The molecular formula is C19H24FN2O2S+. The molecule has 25 heavy (non-hydrogen) atoms. The minimum atomic E-state index is -0.224. The Bertz CT molecular complexity index is 679. The Morgan fingerprint density at radius 2 is 1.92 bits per heavy atom. The molecular weight excluding hydrogens is 339 g/mol. The number of thioether (sulfide) groups is 1. The molecule has 0 saturated heterocycles. The van der Waals surface area contributed by atoms with Crippen molar-refractivity contribution in [2.45, 2.75) is 11.8 Å². The summed E-state index contributed by atoms with van der Waals surface area (Å²) in [5.41, 5.74) is 0.686. The minimum absolute atomic E-state index is 0.0341. The fraction of sp³-hybridized carbons (Fsp3) is 0.316. The highest BCUT2D eigenvalue weighted by Gasteiger charge is 2.14. The van der Waals surface area contributed by atoms with Crippen LogP contribution >= 0.6 is 11.8 Å². The van der Waals surface area contributed by atoms with Crippen molar-refractivity contribution < 1.29 is 18.8 Å². The van der Waals surface area contributed by atoms with Gasteiger partial charge in [-0.05, 0) is 43.3 Å². The number of hydrogen-bond donors (Lipinski definition) is 2. The number of methoxy groups -OCH3 is 1. The minimum Gasteiger partial charge on any atom is -0.495 e. The molecule has 2 rings (SSSR count). The molecule has 0 radical (unpaired) electrons. The quantitative estimate of drug-likeness (QED) is 0.673. The zero-order valence-electron chi connectivity index (χ0n) is 14.5. The molecule has 0 saturated carbocycles. The highest BCUT2D eigenvalue weighted by atomic mass is 32.2. The Morgan fingerprint density at radius 1 is 1.20 bits per heavy atom. The number of rotatable bonds is 9. The fourth-order valence-corrected chi connectivity index (χ4v) is 3.36. The van der Waals surface area contributed by atoms with Crippen LogP contribution in [0, 0.1) is 5.82 Å². The highest BCUT2D eigenvalue weighted by molar-refractivity contribution is 7.99. The molecule has 6 heteroatoms. The lowest BCUT2D eigenvalue weighted by Gasteiger charge is -2.17. The van der Waals surface area contributed by atoms with Gasteiger partial charge in [-0.25, -0.2) is 4.39 Å². The monoisotopic (exact) mass is 363 g/mol. The number of benzene rings is 2. The number of anilines is 1. The van der Waals surface area contributed by atoms with Crippen LogP contribution in [0.15, 0.2) is 53.4 Å². The molecule has 1 amide bonds. The fourth-order valence-electron chi connectivity index (χ4n) is 2.40. The lowest BCUT2D eigenvalue weighted by atomic mass is 10.3. The van der Waals surface area contributed by atoms with Gasteiger partial charge < -0.3 is 15.0 Å². The van der Waals surface area contributed by atoms with Crippen molar-refractivity contribution in [2.75, 3.05) is 37.8 Å². The van der Waals surface area contributed by atoms with E-state index in [1.807, 2.05) is 24.3 Å². The van der Waals surface area contributed by atoms with E-state index < -0.39 is 0 Å². The van der Waals surface area contributed by atoms with Gasteiger partial charge in [0.2, 0.25) is 0 Å². The van der Waals surface area contributed by atoms with Gasteiger partial charge in [0, 0.05) is 10.6 Å². The van der Waals surface area contributed by atoms with E-state index in [4.69, 9.17) is 4.74 Å². The smallest absolute Gasteiger partial charge is 0.279 e. The zero-order valence-corrected chi connectivity index (χ0v) is 15.4. The van der Waals surface area contributed by atoms with E-state index in [1.165, 1.54) is 17.0 Å². The number of carbonyl (C=O) groups excluding carboxylic acids is 1. The maximum absolute atomic E-state index is 12.9. The summed E-state index contributed by atoms with van der Waals surface area (Å²) in [6.45, 7) is 4.19. The summed E-state index contributed by atoms with van der Waals surface area (Å²) < 4.78 is 18.1. The lowest BCUT2D eigenvalue weighted by molar-refractivity contribution is -0.887. The van der Waals surface area contributed by atoms with Crippen LogP contribution < -0.4 is 15.0 Å². The van der Waals surface area contributed by atoms with Gasteiger partial charge in [-0.3, -0.25) is 4.79 Å². The van der Waals surface area contributed by atoms with Crippen molar-refractivity contribution in [2.24, 2.45) is 0 Å². The van der Waals surface area contributed by atoms with Crippen molar-refractivity contribution in [1.82, 2.24) is 0 Å². The van der Waals surface area contributed by atoms with Crippen molar-refractivity contribution in [3.63, 3.8) is 0 Å². The highest BCUT2D eigenvalue weighted by Crippen LogP contribution is 2.22. The molecule has 0 aliphatic rings. The van der Waals surface area contributed by atoms with Crippen molar-refractivity contribution in [3.05, 3.63) is 54.3 Å². The van der Waals surface area contributed by atoms with Crippen LogP contribution in [0.4, 0.5) is 10.1 Å². The van der Waals surface area contributed by atoms with Gasteiger partial charge in [0.25, 0.3) is 5.91 Å². The first-order valence-electron chi connectivity index (χ1n) is 8.27. The summed E-state index contributed by atoms with van der Waals surface area (Å²) >= 11 is 1.67. The summed E-state index contributed by atoms with van der Waals surface area (Å²) in [4.78, 5) is 14.5. The Labute approximate surface area is 152 Å². The third kappa shape index (κ3) is 6.40. The first kappa shape index (κ1) is 19.3. The van der Waals surface area contributed by atoms with Crippen molar-refractivity contribution in [3.8, 4) is 5.75 Å². The molecule has 0 aliphatic carbocycles. The number of nitrogens with one attached hydrogen (secondary N) is 2. The molecule has 2 N–H and O–H groups in total. The van der Waals surface area contributed by atoms with Crippen LogP contribution in [0.25, 0.3) is 0 Å². The Balaban J connectivity index is 1.80. The summed E-state index contributed by atoms with van der Waals surface area (Å²) in [5, 5.41) is 2.91. The van der Waals surface area contributed by atoms with E-state index in [1.54, 1.807) is 31.0 Å². The van der Waals surface area contributed by atoms with Gasteiger partial charge in [0.1, 0.15) is 11.6 Å². The first-order valence-corrected chi connectivity index (χ1v) is 9.25. The first-order chi connectivity index (χ1) is 12.1. The standard InChI is InChI=1S/C19H23FN2O2S/c1-3-22(12-13-25-16-10-8-15(20)9-11-16)14-19(23)21-17-6-4-5-7-18(17)24-2/h4-11H,3,12-14H2,1-2H3,(H,21,23)/p+1. The summed E-state index contributed by atoms with van der Waals surface area (Å²) in [6.07, 6.45) is 0. The predicted octanol–water partition coefficient (Wildman–Crippen LogP) is 2.47. The van der Waals surface area contributed by atoms with Gasteiger partial charge in [-0.1, -0.05) is 12.1 Å². The Kier molecular flexibility index (Phi) is 7.76. The van der Waals surface area contributed by atoms with Crippen LogP contribution in [0.2, 0.25) is 0 Å². The van der Waals surface area contributed by atoms with E-state index >= 15 is 0 Å². The van der Waals surface area contributed by atoms with Crippen LogP contribution in [-0.4, -0.2) is 38.4 Å². The molecule has 4 nitrogen and oxygen atoms in total. The van der Waals surface area contributed by atoms with Crippen LogP contribution in [0.1, 0.15) is 6.92 Å². The molecule has 0 heterocycles. The van der Waals surface area contributed by atoms with E-state index in [0.717, 1.165) is 23.7 Å². The molecule has 0 aliphatic heterocycles. The van der Waals surface area contributed by atoms with Gasteiger partial charge in [-0.2, -0.15) is 0 Å². The van der Waals surface area contributed by atoms with E-state index in [9.17, 15) is 9.18 Å². The van der Waals surface area contributed by atoms with Crippen molar-refractivity contribution in [1.29, 1.82) is 0 Å². The summed E-state index contributed by atoms with van der Waals surface area (Å²) in [7, 11) is 1.58. The largest absolute Gasteiger partial charge is 0.495 e. The third-order valence-corrected chi connectivity index (χ3v) is 4.84. The van der Waals surface area contributed by atoms with Gasteiger partial charge in [-0.15, -0.1) is 11.8 Å². The average molecular weight is 363 g/mol. The van der Waals surface area contributed by atoms with Crippen LogP contribution in [-0.2, 0) is 4.79 Å². The number of hydrogen-bond acceptors (Lipinski definition) is 3. The topological polar surface area (TPSA) is 42.8 Å². The van der Waals surface area contributed by atoms with Gasteiger partial charge in [0.15, 0.2) is 6.54 Å². The molecule has 1 atom stereocenters. The number of amides is 1. The maximum Gasteiger partial charge on any atom is 0.279 e. The second-order valence-corrected chi connectivity index (χ2v) is 6.75. The molecule has 0 aromatic heterocycles. The maximum atomic E-state index is 12.9. The third-order valence-electron chi connectivity index (χ3n) is 3.83.